The molecule has 0 radical (unpaired) electrons. The van der Waals surface area contributed by atoms with Gasteiger partial charge in [0.2, 0.25) is 5.24 Å². The average Bonchev–Trinajstić information content (AvgIpc) is 2.39. The molecule has 114 valence electrons. The van der Waals surface area contributed by atoms with Gasteiger partial charge in [-0.25, -0.2) is 0 Å². The van der Waals surface area contributed by atoms with Crippen LogP contribution in [0.3, 0.4) is 0 Å². The summed E-state index contributed by atoms with van der Waals surface area (Å²) in [5.74, 6) is 0. The van der Waals surface area contributed by atoms with Gasteiger partial charge in [0.05, 0.1) is 0 Å². The largest absolute Gasteiger partial charge is 0.280 e. The highest BCUT2D eigenvalue weighted by Crippen LogP contribution is 2.15. The molecule has 0 aromatic rings. The Morgan fingerprint density at radius 2 is 1.16 bits per heavy atom. The zero-order valence-corrected chi connectivity index (χ0v) is 13.9. The van der Waals surface area contributed by atoms with Crippen LogP contribution in [0.15, 0.2) is 0 Å². The van der Waals surface area contributed by atoms with Gasteiger partial charge in [-0.05, 0) is 18.0 Å². The number of carbonyl (C=O) groups excluding carboxylic acids is 1. The van der Waals surface area contributed by atoms with Crippen LogP contribution in [0.25, 0.3) is 0 Å². The zero-order chi connectivity index (χ0) is 14.3. The summed E-state index contributed by atoms with van der Waals surface area (Å²) < 4.78 is 0. The third-order valence-corrected chi connectivity index (χ3v) is 4.35. The Hall–Kier alpha value is 0.250. The molecule has 0 spiro atoms. The van der Waals surface area contributed by atoms with Crippen molar-refractivity contribution in [1.82, 2.24) is 0 Å². The molecule has 0 aromatic carbocycles. The first-order chi connectivity index (χ1) is 9.18. The van der Waals surface area contributed by atoms with Crippen LogP contribution in [0.2, 0.25) is 0 Å². The predicted molar refractivity (Wildman–Crippen MR) is 86.2 cm³/mol. The molecule has 0 saturated heterocycles. The summed E-state index contributed by atoms with van der Waals surface area (Å²) in [4.78, 5) is 10.7. The quantitative estimate of drug-likeness (QED) is 0.205. The van der Waals surface area contributed by atoms with E-state index in [0.717, 1.165) is 12.8 Å². The lowest BCUT2D eigenvalue weighted by atomic mass is 10.0. The molecule has 0 aliphatic heterocycles. The Kier molecular flexibility index (Phi) is 14.8. The number of rotatable bonds is 14. The molecule has 19 heavy (non-hydrogen) atoms. The summed E-state index contributed by atoms with van der Waals surface area (Å²) in [6, 6.07) is 0. The molecule has 1 atom stereocenters. The Morgan fingerprint density at radius 3 is 1.53 bits per heavy atom. The van der Waals surface area contributed by atoms with E-state index in [1.165, 1.54) is 70.6 Å². The zero-order valence-electron chi connectivity index (χ0n) is 12.4. The topological polar surface area (TPSA) is 17.1 Å². The van der Waals surface area contributed by atoms with Gasteiger partial charge in [-0.2, -0.15) is 0 Å². The van der Waals surface area contributed by atoms with Gasteiger partial charge in [-0.15, -0.1) is 11.6 Å². The standard InChI is InChI=1S/C16H30Cl2O/c1-2-3-4-5-6-7-8-9-10-11-12-13-14-15(17)16(18)19/h15H,2-14H2,1H3/t15-/m0/s1. The lowest BCUT2D eigenvalue weighted by molar-refractivity contribution is -0.111. The molecule has 3 heteroatoms. The molecule has 0 aromatic heterocycles. The maximum absolute atomic E-state index is 10.7. The fourth-order valence-electron chi connectivity index (χ4n) is 2.28. The monoisotopic (exact) mass is 308 g/mol. The predicted octanol–water partition coefficient (Wildman–Crippen LogP) is 6.45. The van der Waals surface area contributed by atoms with Crippen molar-refractivity contribution < 1.29 is 4.79 Å². The van der Waals surface area contributed by atoms with E-state index in [2.05, 4.69) is 6.92 Å². The number of hydrogen-bond donors (Lipinski definition) is 0. The molecule has 0 saturated carbocycles. The third-order valence-electron chi connectivity index (χ3n) is 3.56. The van der Waals surface area contributed by atoms with Gasteiger partial charge in [-0.3, -0.25) is 4.79 Å². The summed E-state index contributed by atoms with van der Waals surface area (Å²) in [6.07, 6.45) is 16.6. The van der Waals surface area contributed by atoms with Crippen molar-refractivity contribution in [1.29, 1.82) is 0 Å². The molecule has 0 unspecified atom stereocenters. The Labute approximate surface area is 129 Å². The second kappa shape index (κ2) is 14.7. The SMILES string of the molecule is CCCCCCCCCCCCCC[C@H](Cl)C(=O)Cl. The van der Waals surface area contributed by atoms with Crippen molar-refractivity contribution in [2.75, 3.05) is 0 Å². The smallest absolute Gasteiger partial charge is 0.239 e. The molecule has 0 bridgehead atoms. The Balaban J connectivity index is 3.05. The van der Waals surface area contributed by atoms with Gasteiger partial charge in [0, 0.05) is 0 Å². The molecule has 0 heterocycles. The highest BCUT2D eigenvalue weighted by molar-refractivity contribution is 6.69. The van der Waals surface area contributed by atoms with Crippen LogP contribution in [0.4, 0.5) is 0 Å². The minimum absolute atomic E-state index is 0.412. The minimum Gasteiger partial charge on any atom is -0.280 e. The molecular weight excluding hydrogens is 279 g/mol. The van der Waals surface area contributed by atoms with Crippen molar-refractivity contribution in [3.05, 3.63) is 0 Å². The van der Waals surface area contributed by atoms with E-state index >= 15 is 0 Å². The van der Waals surface area contributed by atoms with Gasteiger partial charge in [0.1, 0.15) is 5.38 Å². The van der Waals surface area contributed by atoms with E-state index in [1.807, 2.05) is 0 Å². The van der Waals surface area contributed by atoms with Crippen molar-refractivity contribution in [3.8, 4) is 0 Å². The van der Waals surface area contributed by atoms with E-state index in [-0.39, 0.29) is 0 Å². The van der Waals surface area contributed by atoms with Gasteiger partial charge < -0.3 is 0 Å². The molecule has 0 fully saturated rings. The fraction of sp³-hybridized carbons (Fsp3) is 0.938. The van der Waals surface area contributed by atoms with E-state index in [1.54, 1.807) is 0 Å². The molecule has 0 aliphatic rings. The fourth-order valence-corrected chi connectivity index (χ4v) is 2.54. The van der Waals surface area contributed by atoms with Crippen molar-refractivity contribution in [2.45, 2.75) is 95.8 Å². The van der Waals surface area contributed by atoms with Crippen molar-refractivity contribution in [2.24, 2.45) is 0 Å². The van der Waals surface area contributed by atoms with Crippen molar-refractivity contribution in [3.63, 3.8) is 0 Å². The first-order valence-electron chi connectivity index (χ1n) is 8.02. The number of unbranched alkanes of at least 4 members (excludes halogenated alkanes) is 11. The number of alkyl halides is 1. The number of hydrogen-bond acceptors (Lipinski definition) is 1. The van der Waals surface area contributed by atoms with Crippen LogP contribution in [0.1, 0.15) is 90.4 Å². The molecule has 0 aliphatic carbocycles. The van der Waals surface area contributed by atoms with Gasteiger partial charge in [-0.1, -0.05) is 84.0 Å². The lowest BCUT2D eigenvalue weighted by Gasteiger charge is -2.04. The molecule has 0 N–H and O–H groups in total. The second-order valence-corrected chi connectivity index (χ2v) is 6.35. The van der Waals surface area contributed by atoms with Crippen LogP contribution >= 0.6 is 23.2 Å². The first kappa shape index (κ1) is 19.2. The van der Waals surface area contributed by atoms with E-state index in [9.17, 15) is 4.79 Å². The van der Waals surface area contributed by atoms with E-state index < -0.39 is 10.6 Å². The number of halogens is 2. The van der Waals surface area contributed by atoms with E-state index in [0.29, 0.717) is 0 Å². The summed E-state index contributed by atoms with van der Waals surface area (Å²) in [5.41, 5.74) is 0. The second-order valence-electron chi connectivity index (χ2n) is 5.45. The maximum atomic E-state index is 10.7. The summed E-state index contributed by atoms with van der Waals surface area (Å²) in [6.45, 7) is 2.26. The van der Waals surface area contributed by atoms with Gasteiger partial charge in [0.15, 0.2) is 0 Å². The molecular formula is C16H30Cl2O. The van der Waals surface area contributed by atoms with E-state index in [4.69, 9.17) is 23.2 Å². The van der Waals surface area contributed by atoms with Crippen LogP contribution in [0, 0.1) is 0 Å². The van der Waals surface area contributed by atoms with Crippen LogP contribution in [-0.4, -0.2) is 10.6 Å². The third kappa shape index (κ3) is 14.5. The Bertz CT molecular complexity index is 207. The van der Waals surface area contributed by atoms with Gasteiger partial charge >= 0.3 is 0 Å². The van der Waals surface area contributed by atoms with Crippen LogP contribution < -0.4 is 0 Å². The minimum atomic E-state index is -0.482. The highest BCUT2D eigenvalue weighted by atomic mass is 35.5. The molecule has 0 rings (SSSR count). The van der Waals surface area contributed by atoms with Crippen LogP contribution in [-0.2, 0) is 4.79 Å². The van der Waals surface area contributed by atoms with Crippen molar-refractivity contribution >= 4 is 28.4 Å². The maximum Gasteiger partial charge on any atom is 0.239 e. The summed E-state index contributed by atoms with van der Waals surface area (Å²) in [5, 5.41) is -0.894. The summed E-state index contributed by atoms with van der Waals surface area (Å²) >= 11 is 11.1. The lowest BCUT2D eigenvalue weighted by Crippen LogP contribution is -2.06. The first-order valence-corrected chi connectivity index (χ1v) is 8.83. The number of carbonyl (C=O) groups is 1. The van der Waals surface area contributed by atoms with Gasteiger partial charge in [0.25, 0.3) is 0 Å². The molecule has 0 amide bonds. The molecule has 1 nitrogen and oxygen atoms in total. The average molecular weight is 309 g/mol. The highest BCUT2D eigenvalue weighted by Gasteiger charge is 2.10. The van der Waals surface area contributed by atoms with Crippen LogP contribution in [0.5, 0.6) is 0 Å². The Morgan fingerprint density at radius 1 is 0.789 bits per heavy atom. The summed E-state index contributed by atoms with van der Waals surface area (Å²) in [7, 11) is 0. The normalized spacial score (nSPS) is 12.6.